The van der Waals surface area contributed by atoms with Gasteiger partial charge in [-0.2, -0.15) is 0 Å². The van der Waals surface area contributed by atoms with Crippen LogP contribution in [0.2, 0.25) is 0 Å². The minimum atomic E-state index is 0.0480. The van der Waals surface area contributed by atoms with Gasteiger partial charge in [-0.05, 0) is 18.9 Å². The van der Waals surface area contributed by atoms with Crippen LogP contribution in [0.3, 0.4) is 0 Å². The molecule has 110 valence electrons. The Hall–Kier alpha value is -1.62. The van der Waals surface area contributed by atoms with Gasteiger partial charge >= 0.3 is 0 Å². The molecule has 0 aliphatic carbocycles. The van der Waals surface area contributed by atoms with E-state index in [9.17, 15) is 4.79 Å². The van der Waals surface area contributed by atoms with Gasteiger partial charge in [0.25, 0.3) is 5.91 Å². The molecule has 0 radical (unpaired) electrons. The van der Waals surface area contributed by atoms with Crippen molar-refractivity contribution in [2.45, 2.75) is 32.7 Å². The van der Waals surface area contributed by atoms with Crippen LogP contribution in [0.1, 0.15) is 37.0 Å². The maximum Gasteiger partial charge on any atom is 0.257 e. The number of amides is 1. The molecule has 1 atom stereocenters. The van der Waals surface area contributed by atoms with E-state index in [4.69, 9.17) is 4.74 Å². The van der Waals surface area contributed by atoms with Crippen molar-refractivity contribution in [3.63, 3.8) is 0 Å². The van der Waals surface area contributed by atoms with Gasteiger partial charge in [-0.25, -0.2) is 0 Å². The number of ether oxygens (including phenoxy) is 1. The van der Waals surface area contributed by atoms with Crippen LogP contribution in [0.5, 0.6) is 0 Å². The third kappa shape index (κ3) is 3.28. The summed E-state index contributed by atoms with van der Waals surface area (Å²) in [5.74, 6) is 0.0480. The highest BCUT2D eigenvalue weighted by atomic mass is 16.5. The summed E-state index contributed by atoms with van der Waals surface area (Å²) in [5.41, 5.74) is 1.52. The van der Waals surface area contributed by atoms with Crippen LogP contribution in [0.4, 0.5) is 5.69 Å². The summed E-state index contributed by atoms with van der Waals surface area (Å²) in [4.78, 5) is 18.8. The number of morpholine rings is 1. The Balaban J connectivity index is 2.19. The van der Waals surface area contributed by atoms with Crippen molar-refractivity contribution < 1.29 is 9.53 Å². The highest BCUT2D eigenvalue weighted by Gasteiger charge is 2.28. The first-order valence-corrected chi connectivity index (χ1v) is 7.34. The standard InChI is InChI=1S/C15H23N3O2/c1-3-6-17-14-5-7-16-10-13(14)15(19)18-8-9-20-11-12(18)4-2/h5,7,10,12H,3-4,6,8-9,11H2,1-2H3,(H,16,17). The largest absolute Gasteiger partial charge is 0.384 e. The first-order valence-electron chi connectivity index (χ1n) is 7.34. The molecule has 2 heterocycles. The molecule has 1 saturated heterocycles. The maximum atomic E-state index is 12.7. The van der Waals surface area contributed by atoms with Crippen LogP contribution in [0, 0.1) is 0 Å². The van der Waals surface area contributed by atoms with Gasteiger partial charge < -0.3 is 15.0 Å². The summed E-state index contributed by atoms with van der Waals surface area (Å²) in [6.45, 7) is 6.92. The fourth-order valence-corrected chi connectivity index (χ4v) is 2.39. The van der Waals surface area contributed by atoms with Gasteiger partial charge in [0.2, 0.25) is 0 Å². The van der Waals surface area contributed by atoms with E-state index in [-0.39, 0.29) is 11.9 Å². The van der Waals surface area contributed by atoms with Gasteiger partial charge in [-0.15, -0.1) is 0 Å². The van der Waals surface area contributed by atoms with Crippen molar-refractivity contribution in [1.29, 1.82) is 0 Å². The Morgan fingerprint density at radius 2 is 2.40 bits per heavy atom. The molecule has 1 aromatic heterocycles. The van der Waals surface area contributed by atoms with Crippen molar-refractivity contribution in [2.24, 2.45) is 0 Å². The molecule has 5 nitrogen and oxygen atoms in total. The van der Waals surface area contributed by atoms with Crippen LogP contribution in [0.15, 0.2) is 18.5 Å². The maximum absolute atomic E-state index is 12.7. The number of nitrogens with zero attached hydrogens (tertiary/aromatic N) is 2. The number of pyridine rings is 1. The Bertz CT molecular complexity index is 450. The van der Waals surface area contributed by atoms with Gasteiger partial charge in [0.15, 0.2) is 0 Å². The Labute approximate surface area is 120 Å². The number of carbonyl (C=O) groups is 1. The molecule has 1 fully saturated rings. The quantitative estimate of drug-likeness (QED) is 0.896. The molecule has 1 N–H and O–H groups in total. The molecule has 0 saturated carbocycles. The van der Waals surface area contributed by atoms with E-state index in [1.54, 1.807) is 12.4 Å². The molecular weight excluding hydrogens is 254 g/mol. The molecule has 1 amide bonds. The highest BCUT2D eigenvalue weighted by Crippen LogP contribution is 2.20. The first-order chi connectivity index (χ1) is 9.77. The second-order valence-electron chi connectivity index (χ2n) is 4.98. The Morgan fingerprint density at radius 3 is 3.15 bits per heavy atom. The number of anilines is 1. The van der Waals surface area contributed by atoms with Crippen LogP contribution in [-0.2, 0) is 4.74 Å². The zero-order valence-corrected chi connectivity index (χ0v) is 12.3. The number of hydrogen-bond donors (Lipinski definition) is 1. The lowest BCUT2D eigenvalue weighted by molar-refractivity contribution is -0.00276. The lowest BCUT2D eigenvalue weighted by atomic mass is 10.1. The Kier molecular flexibility index (Phi) is 5.35. The average molecular weight is 277 g/mol. The number of hydrogen-bond acceptors (Lipinski definition) is 4. The molecular formula is C15H23N3O2. The lowest BCUT2D eigenvalue weighted by Crippen LogP contribution is -2.48. The van der Waals surface area contributed by atoms with Gasteiger partial charge in [0, 0.05) is 25.5 Å². The lowest BCUT2D eigenvalue weighted by Gasteiger charge is -2.35. The molecule has 1 aromatic rings. The van der Waals surface area contributed by atoms with Crippen LogP contribution in [-0.4, -0.2) is 48.1 Å². The summed E-state index contributed by atoms with van der Waals surface area (Å²) in [5, 5.41) is 3.30. The SMILES string of the molecule is CCCNc1ccncc1C(=O)N1CCOCC1CC. The monoisotopic (exact) mass is 277 g/mol. The number of rotatable bonds is 5. The molecule has 1 unspecified atom stereocenters. The molecule has 5 heteroatoms. The van der Waals surface area contributed by atoms with Crippen LogP contribution in [0.25, 0.3) is 0 Å². The van der Waals surface area contributed by atoms with Crippen LogP contribution >= 0.6 is 0 Å². The molecule has 0 aromatic carbocycles. The first kappa shape index (κ1) is 14.8. The molecule has 2 rings (SSSR count). The number of carbonyl (C=O) groups excluding carboxylic acids is 1. The highest BCUT2D eigenvalue weighted by molar-refractivity contribution is 5.99. The second kappa shape index (κ2) is 7.24. The fourth-order valence-electron chi connectivity index (χ4n) is 2.39. The van der Waals surface area contributed by atoms with E-state index in [2.05, 4.69) is 24.1 Å². The molecule has 1 aliphatic rings. The van der Waals surface area contributed by atoms with Gasteiger partial charge in [-0.3, -0.25) is 9.78 Å². The fraction of sp³-hybridized carbons (Fsp3) is 0.600. The zero-order chi connectivity index (χ0) is 14.4. The Morgan fingerprint density at radius 1 is 1.55 bits per heavy atom. The number of aromatic nitrogens is 1. The van der Waals surface area contributed by atoms with E-state index in [0.29, 0.717) is 25.3 Å². The van der Waals surface area contributed by atoms with E-state index < -0.39 is 0 Å². The summed E-state index contributed by atoms with van der Waals surface area (Å²) < 4.78 is 5.46. The van der Waals surface area contributed by atoms with E-state index in [1.807, 2.05) is 11.0 Å². The predicted molar refractivity (Wildman–Crippen MR) is 79.0 cm³/mol. The smallest absolute Gasteiger partial charge is 0.257 e. The average Bonchev–Trinajstić information content (AvgIpc) is 2.52. The van der Waals surface area contributed by atoms with Crippen molar-refractivity contribution >= 4 is 11.6 Å². The molecule has 0 spiro atoms. The predicted octanol–water partition coefficient (Wildman–Crippen LogP) is 2.15. The van der Waals surface area contributed by atoms with Gasteiger partial charge in [-0.1, -0.05) is 13.8 Å². The summed E-state index contributed by atoms with van der Waals surface area (Å²) in [6.07, 6.45) is 5.29. The second-order valence-corrected chi connectivity index (χ2v) is 4.98. The van der Waals surface area contributed by atoms with E-state index in [0.717, 1.165) is 25.1 Å². The van der Waals surface area contributed by atoms with Crippen molar-refractivity contribution in [2.75, 3.05) is 31.6 Å². The minimum Gasteiger partial charge on any atom is -0.384 e. The van der Waals surface area contributed by atoms with E-state index in [1.165, 1.54) is 0 Å². The topological polar surface area (TPSA) is 54.5 Å². The molecule has 1 aliphatic heterocycles. The summed E-state index contributed by atoms with van der Waals surface area (Å²) in [6, 6.07) is 2.03. The summed E-state index contributed by atoms with van der Waals surface area (Å²) >= 11 is 0. The van der Waals surface area contributed by atoms with Gasteiger partial charge in [0.05, 0.1) is 30.5 Å². The third-order valence-electron chi connectivity index (χ3n) is 3.58. The minimum absolute atomic E-state index is 0.0480. The van der Waals surface area contributed by atoms with E-state index >= 15 is 0 Å². The molecule has 0 bridgehead atoms. The van der Waals surface area contributed by atoms with Crippen molar-refractivity contribution in [1.82, 2.24) is 9.88 Å². The normalized spacial score (nSPS) is 18.9. The summed E-state index contributed by atoms with van der Waals surface area (Å²) in [7, 11) is 0. The molecule has 20 heavy (non-hydrogen) atoms. The van der Waals surface area contributed by atoms with Crippen molar-refractivity contribution in [3.05, 3.63) is 24.0 Å². The van der Waals surface area contributed by atoms with Crippen LogP contribution < -0.4 is 5.32 Å². The van der Waals surface area contributed by atoms with Gasteiger partial charge in [0.1, 0.15) is 0 Å². The zero-order valence-electron chi connectivity index (χ0n) is 12.3. The third-order valence-corrected chi connectivity index (χ3v) is 3.58. The van der Waals surface area contributed by atoms with Crippen molar-refractivity contribution in [3.8, 4) is 0 Å². The number of nitrogens with one attached hydrogen (secondary N) is 1.